The first-order chi connectivity index (χ1) is 7.83. The molecule has 1 N–H and O–H groups in total. The Morgan fingerprint density at radius 1 is 1.25 bits per heavy atom. The molecule has 16 heavy (non-hydrogen) atoms. The van der Waals surface area contributed by atoms with Crippen LogP contribution in [-0.2, 0) is 4.74 Å². The molecule has 0 aromatic rings. The van der Waals surface area contributed by atoms with Crippen molar-refractivity contribution in [3.05, 3.63) is 0 Å². The molecule has 2 bridgehead atoms. The third-order valence-electron chi connectivity index (χ3n) is 4.16. The molecule has 0 aromatic carbocycles. The second kappa shape index (κ2) is 5.99. The molecule has 0 saturated carbocycles. The molecule has 2 atom stereocenters. The first-order valence-corrected chi connectivity index (χ1v) is 6.82. The van der Waals surface area contributed by atoms with Crippen LogP contribution in [0.4, 0.5) is 0 Å². The summed E-state index contributed by atoms with van der Waals surface area (Å²) in [7, 11) is 1.79. The average Bonchev–Trinajstić information content (AvgIpc) is 2.64. The van der Waals surface area contributed by atoms with Crippen LogP contribution in [0, 0.1) is 0 Å². The molecule has 2 unspecified atom stereocenters. The van der Waals surface area contributed by atoms with E-state index in [1.807, 2.05) is 0 Å². The van der Waals surface area contributed by atoms with Gasteiger partial charge in [-0.2, -0.15) is 0 Å². The second-order valence-corrected chi connectivity index (χ2v) is 5.24. The molecule has 0 spiro atoms. The minimum atomic E-state index is 0.806. The van der Waals surface area contributed by atoms with Gasteiger partial charge in [0.1, 0.15) is 0 Å². The predicted molar refractivity (Wildman–Crippen MR) is 66.7 cm³/mol. The highest BCUT2D eigenvalue weighted by Crippen LogP contribution is 2.29. The summed E-state index contributed by atoms with van der Waals surface area (Å²) in [6, 6.07) is 2.43. The van der Waals surface area contributed by atoms with Gasteiger partial charge in [-0.1, -0.05) is 6.92 Å². The summed E-state index contributed by atoms with van der Waals surface area (Å²) in [6.07, 6.45) is 6.69. The quantitative estimate of drug-likeness (QED) is 0.697. The lowest BCUT2D eigenvalue weighted by Gasteiger charge is -2.37. The zero-order valence-corrected chi connectivity index (χ0v) is 10.7. The molecule has 2 aliphatic heterocycles. The van der Waals surface area contributed by atoms with Crippen molar-refractivity contribution in [2.24, 2.45) is 0 Å². The Hall–Kier alpha value is -0.120. The van der Waals surface area contributed by atoms with Gasteiger partial charge in [0.15, 0.2) is 0 Å². The summed E-state index contributed by atoms with van der Waals surface area (Å²) >= 11 is 0. The molecule has 3 heteroatoms. The number of hydrogen-bond donors (Lipinski definition) is 1. The van der Waals surface area contributed by atoms with Crippen LogP contribution in [0.5, 0.6) is 0 Å². The minimum absolute atomic E-state index is 0.806. The van der Waals surface area contributed by atoms with E-state index < -0.39 is 0 Å². The second-order valence-electron chi connectivity index (χ2n) is 5.24. The van der Waals surface area contributed by atoms with E-state index in [1.54, 1.807) is 7.11 Å². The molecule has 0 radical (unpaired) electrons. The smallest absolute Gasteiger partial charge is 0.0474 e. The highest BCUT2D eigenvalue weighted by atomic mass is 16.5. The number of fused-ring (bicyclic) bond motifs is 2. The van der Waals surface area contributed by atoms with Gasteiger partial charge >= 0.3 is 0 Å². The highest BCUT2D eigenvalue weighted by Gasteiger charge is 2.35. The van der Waals surface area contributed by atoms with Crippen LogP contribution in [0.3, 0.4) is 0 Å². The van der Waals surface area contributed by atoms with Crippen LogP contribution in [0.2, 0.25) is 0 Å². The lowest BCUT2D eigenvalue weighted by Crippen LogP contribution is -2.48. The summed E-state index contributed by atoms with van der Waals surface area (Å²) in [5.41, 5.74) is 0. The lowest BCUT2D eigenvalue weighted by atomic mass is 9.98. The van der Waals surface area contributed by atoms with Gasteiger partial charge in [-0.15, -0.1) is 0 Å². The molecule has 2 saturated heterocycles. The van der Waals surface area contributed by atoms with Gasteiger partial charge in [0.05, 0.1) is 0 Å². The summed E-state index contributed by atoms with van der Waals surface area (Å²) in [4.78, 5) is 2.66. The standard InChI is InChI=1S/C13H26N2O/c1-3-15(7-4-8-16-2)13-9-11-5-6-12(10-13)14-11/h11-14H,3-10H2,1-2H3. The number of nitrogens with zero attached hydrogens (tertiary/aromatic N) is 1. The van der Waals surface area contributed by atoms with Crippen molar-refractivity contribution in [3.63, 3.8) is 0 Å². The Morgan fingerprint density at radius 3 is 2.50 bits per heavy atom. The van der Waals surface area contributed by atoms with Crippen molar-refractivity contribution < 1.29 is 4.74 Å². The largest absolute Gasteiger partial charge is 0.385 e. The Labute approximate surface area is 99.5 Å². The van der Waals surface area contributed by atoms with Crippen molar-refractivity contribution in [2.75, 3.05) is 26.8 Å². The van der Waals surface area contributed by atoms with Crippen LogP contribution >= 0.6 is 0 Å². The highest BCUT2D eigenvalue weighted by molar-refractivity contribution is 4.95. The van der Waals surface area contributed by atoms with Crippen LogP contribution in [0.15, 0.2) is 0 Å². The molecule has 0 aromatic heterocycles. The summed E-state index contributed by atoms with van der Waals surface area (Å²) in [5.74, 6) is 0. The maximum absolute atomic E-state index is 5.14. The first kappa shape index (κ1) is 12.3. The molecule has 94 valence electrons. The molecule has 0 amide bonds. The van der Waals surface area contributed by atoms with Gasteiger partial charge in [-0.3, -0.25) is 0 Å². The molecular weight excluding hydrogens is 200 g/mol. The van der Waals surface area contributed by atoms with Crippen LogP contribution in [-0.4, -0.2) is 49.8 Å². The average molecular weight is 226 g/mol. The van der Waals surface area contributed by atoms with E-state index in [4.69, 9.17) is 4.74 Å². The SMILES string of the molecule is CCN(CCCOC)C1CC2CCC(C1)N2. The molecule has 0 aliphatic carbocycles. The van der Waals surface area contributed by atoms with E-state index in [1.165, 1.54) is 45.2 Å². The van der Waals surface area contributed by atoms with E-state index >= 15 is 0 Å². The number of methoxy groups -OCH3 is 1. The summed E-state index contributed by atoms with van der Waals surface area (Å²) in [6.45, 7) is 5.58. The predicted octanol–water partition coefficient (Wildman–Crippen LogP) is 1.63. The fourth-order valence-corrected chi connectivity index (χ4v) is 3.34. The van der Waals surface area contributed by atoms with Gasteiger partial charge < -0.3 is 15.0 Å². The summed E-state index contributed by atoms with van der Waals surface area (Å²) < 4.78 is 5.14. The molecule has 3 nitrogen and oxygen atoms in total. The molecular formula is C13H26N2O. The molecule has 2 aliphatic rings. The van der Waals surface area contributed by atoms with Crippen molar-refractivity contribution >= 4 is 0 Å². The number of nitrogens with one attached hydrogen (secondary N) is 1. The zero-order valence-electron chi connectivity index (χ0n) is 10.7. The van der Waals surface area contributed by atoms with E-state index in [2.05, 4.69) is 17.1 Å². The zero-order chi connectivity index (χ0) is 11.4. The van der Waals surface area contributed by atoms with Gasteiger partial charge in [0.25, 0.3) is 0 Å². The van der Waals surface area contributed by atoms with E-state index in [0.29, 0.717) is 0 Å². The van der Waals surface area contributed by atoms with Crippen LogP contribution in [0.25, 0.3) is 0 Å². The molecule has 2 heterocycles. The normalized spacial score (nSPS) is 33.6. The van der Waals surface area contributed by atoms with E-state index in [0.717, 1.165) is 24.7 Å². The Bertz CT molecular complexity index is 198. The molecule has 2 fully saturated rings. The van der Waals surface area contributed by atoms with Gasteiger partial charge in [0.2, 0.25) is 0 Å². The van der Waals surface area contributed by atoms with Crippen molar-refractivity contribution in [1.29, 1.82) is 0 Å². The van der Waals surface area contributed by atoms with Gasteiger partial charge in [-0.25, -0.2) is 0 Å². The van der Waals surface area contributed by atoms with E-state index in [-0.39, 0.29) is 0 Å². The fraction of sp³-hybridized carbons (Fsp3) is 1.00. The summed E-state index contributed by atoms with van der Waals surface area (Å²) in [5, 5.41) is 3.72. The maximum atomic E-state index is 5.14. The monoisotopic (exact) mass is 226 g/mol. The van der Waals surface area contributed by atoms with Crippen molar-refractivity contribution in [3.8, 4) is 0 Å². The number of ether oxygens (including phenoxy) is 1. The van der Waals surface area contributed by atoms with Crippen molar-refractivity contribution in [2.45, 2.75) is 57.2 Å². The number of hydrogen-bond acceptors (Lipinski definition) is 3. The van der Waals surface area contributed by atoms with Crippen molar-refractivity contribution in [1.82, 2.24) is 10.2 Å². The topological polar surface area (TPSA) is 24.5 Å². The Balaban J connectivity index is 1.79. The van der Waals surface area contributed by atoms with E-state index in [9.17, 15) is 0 Å². The van der Waals surface area contributed by atoms with Crippen LogP contribution in [0.1, 0.15) is 39.0 Å². The molecule has 2 rings (SSSR count). The lowest BCUT2D eigenvalue weighted by molar-refractivity contribution is 0.124. The van der Waals surface area contributed by atoms with Gasteiger partial charge in [0, 0.05) is 38.4 Å². The first-order valence-electron chi connectivity index (χ1n) is 6.82. The van der Waals surface area contributed by atoms with Gasteiger partial charge in [-0.05, 0) is 38.6 Å². The minimum Gasteiger partial charge on any atom is -0.385 e. The Kier molecular flexibility index (Phi) is 4.62. The maximum Gasteiger partial charge on any atom is 0.0474 e. The Morgan fingerprint density at radius 2 is 1.94 bits per heavy atom. The number of piperidine rings is 1. The fourth-order valence-electron chi connectivity index (χ4n) is 3.34. The van der Waals surface area contributed by atoms with Crippen LogP contribution < -0.4 is 5.32 Å². The third kappa shape index (κ3) is 2.96. The number of rotatable bonds is 6. The third-order valence-corrected chi connectivity index (χ3v) is 4.16.